The van der Waals surface area contributed by atoms with Crippen LogP contribution in [0.5, 0.6) is 0 Å². The summed E-state index contributed by atoms with van der Waals surface area (Å²) >= 11 is 0. The molecule has 2 heterocycles. The van der Waals surface area contributed by atoms with Gasteiger partial charge < -0.3 is 25.3 Å². The van der Waals surface area contributed by atoms with Crippen molar-refractivity contribution in [2.45, 2.75) is 18.4 Å². The molecule has 0 atom stereocenters. The van der Waals surface area contributed by atoms with E-state index in [0.29, 0.717) is 31.7 Å². The molecule has 1 saturated heterocycles. The summed E-state index contributed by atoms with van der Waals surface area (Å²) in [5.74, 6) is -0.229. The molecule has 2 N–H and O–H groups in total. The molecule has 0 radical (unpaired) electrons. The Morgan fingerprint density at radius 1 is 1.56 bits per heavy atom. The van der Waals surface area contributed by atoms with Crippen molar-refractivity contribution in [2.24, 2.45) is 0 Å². The molecule has 1 aromatic rings. The van der Waals surface area contributed by atoms with E-state index in [0.717, 1.165) is 0 Å². The number of nitrogens with one attached hydrogen (secondary N) is 1. The van der Waals surface area contributed by atoms with Crippen LogP contribution in [-0.4, -0.2) is 40.4 Å². The predicted molar refractivity (Wildman–Crippen MR) is 64.4 cm³/mol. The molecule has 1 aliphatic rings. The van der Waals surface area contributed by atoms with Crippen molar-refractivity contribution in [3.05, 3.63) is 28.4 Å². The van der Waals surface area contributed by atoms with Gasteiger partial charge in [-0.25, -0.2) is 0 Å². The van der Waals surface area contributed by atoms with Crippen molar-refractivity contribution >= 4 is 11.5 Å². The number of nitrogens with zero attached hydrogens (tertiary/aromatic N) is 2. The second-order valence-corrected chi connectivity index (χ2v) is 4.32. The Bertz CT molecular complexity index is 432. The molecule has 1 fully saturated rings. The van der Waals surface area contributed by atoms with Crippen LogP contribution in [0.1, 0.15) is 12.8 Å². The first-order chi connectivity index (χ1) is 8.61. The lowest BCUT2D eigenvalue weighted by atomic mass is 9.94. The largest absolute Gasteiger partial charge is 0.388 e. The summed E-state index contributed by atoms with van der Waals surface area (Å²) in [6, 6.07) is 3.19. The molecule has 18 heavy (non-hydrogen) atoms. The highest BCUT2D eigenvalue weighted by Gasteiger charge is 2.30. The van der Waals surface area contributed by atoms with Crippen LogP contribution < -0.4 is 5.32 Å². The molecule has 7 nitrogen and oxygen atoms in total. The average molecular weight is 253 g/mol. The predicted octanol–water partition coefficient (Wildman–Crippen LogP) is 0.943. The van der Waals surface area contributed by atoms with Crippen LogP contribution in [0.2, 0.25) is 0 Å². The lowest BCUT2D eigenvalue weighted by Crippen LogP contribution is -2.42. The number of ether oxygens (including phenoxy) is 1. The third-order valence-corrected chi connectivity index (χ3v) is 2.99. The molecule has 98 valence electrons. The van der Waals surface area contributed by atoms with Gasteiger partial charge in [0, 0.05) is 32.6 Å². The molecule has 0 unspecified atom stereocenters. The Balaban J connectivity index is 2.03. The number of anilines is 1. The Morgan fingerprint density at radius 2 is 2.28 bits per heavy atom. The molecule has 0 aromatic carbocycles. The van der Waals surface area contributed by atoms with Crippen LogP contribution >= 0.6 is 0 Å². The molecule has 1 aromatic heterocycles. The van der Waals surface area contributed by atoms with Gasteiger partial charge in [0.2, 0.25) is 0 Å². The summed E-state index contributed by atoms with van der Waals surface area (Å²) in [6.45, 7) is 1.27. The number of rotatable bonds is 4. The Hall–Kier alpha value is -1.73. The Labute approximate surface area is 104 Å². The van der Waals surface area contributed by atoms with Crippen molar-refractivity contribution in [1.82, 2.24) is 4.98 Å². The molecule has 2 rings (SSSR count). The summed E-state index contributed by atoms with van der Waals surface area (Å²) in [4.78, 5) is 13.9. The molecule has 0 saturated carbocycles. The van der Waals surface area contributed by atoms with Crippen LogP contribution in [-0.2, 0) is 4.74 Å². The zero-order valence-corrected chi connectivity index (χ0v) is 9.83. The van der Waals surface area contributed by atoms with E-state index in [1.807, 2.05) is 0 Å². The van der Waals surface area contributed by atoms with E-state index in [-0.39, 0.29) is 12.4 Å². The average Bonchev–Trinajstić information content (AvgIpc) is 2.38. The summed E-state index contributed by atoms with van der Waals surface area (Å²) in [6.07, 6.45) is 2.41. The quantitative estimate of drug-likeness (QED) is 0.612. The van der Waals surface area contributed by atoms with Gasteiger partial charge in [-0.15, -0.1) is 0 Å². The lowest BCUT2D eigenvalue weighted by Gasteiger charge is -2.32. The molecule has 0 aliphatic carbocycles. The smallest absolute Gasteiger partial charge is 0.386 e. The van der Waals surface area contributed by atoms with Gasteiger partial charge in [0.25, 0.3) is 0 Å². The SMILES string of the molecule is O=[N+]([O-])c1ncccc1NCC1(O)CCOCC1. The first-order valence-corrected chi connectivity index (χ1v) is 5.74. The minimum absolute atomic E-state index is 0.229. The third-order valence-electron chi connectivity index (χ3n) is 2.99. The van der Waals surface area contributed by atoms with Crippen molar-refractivity contribution in [3.8, 4) is 0 Å². The fraction of sp³-hybridized carbons (Fsp3) is 0.545. The Morgan fingerprint density at radius 3 is 2.94 bits per heavy atom. The summed E-state index contributed by atoms with van der Waals surface area (Å²) in [5.41, 5.74) is -0.551. The van der Waals surface area contributed by atoms with Gasteiger partial charge in [0.05, 0.1) is 5.60 Å². The number of pyridine rings is 1. The third kappa shape index (κ3) is 2.93. The number of hydrogen-bond donors (Lipinski definition) is 2. The van der Waals surface area contributed by atoms with Gasteiger partial charge in [-0.05, 0) is 22.0 Å². The van der Waals surface area contributed by atoms with Gasteiger partial charge in [0.15, 0.2) is 0 Å². The topological polar surface area (TPSA) is 97.5 Å². The zero-order chi connectivity index (χ0) is 13.0. The first kappa shape index (κ1) is 12.7. The molecular formula is C11H15N3O4. The van der Waals surface area contributed by atoms with Crippen molar-refractivity contribution in [3.63, 3.8) is 0 Å². The highest BCUT2D eigenvalue weighted by molar-refractivity contribution is 5.56. The lowest BCUT2D eigenvalue weighted by molar-refractivity contribution is -0.388. The number of aliphatic hydroxyl groups is 1. The van der Waals surface area contributed by atoms with Gasteiger partial charge in [0.1, 0.15) is 11.9 Å². The Kier molecular flexibility index (Phi) is 3.73. The van der Waals surface area contributed by atoms with E-state index < -0.39 is 10.5 Å². The molecule has 0 spiro atoms. The highest BCUT2D eigenvalue weighted by atomic mass is 16.6. The van der Waals surface area contributed by atoms with Crippen LogP contribution in [0.25, 0.3) is 0 Å². The standard InChI is InChI=1S/C11H15N3O4/c15-11(3-6-18-7-4-11)8-13-9-2-1-5-12-10(9)14(16)17/h1-2,5,13,15H,3-4,6-8H2. The van der Waals surface area contributed by atoms with E-state index in [2.05, 4.69) is 10.3 Å². The van der Waals surface area contributed by atoms with Crippen LogP contribution in [0.4, 0.5) is 11.5 Å². The van der Waals surface area contributed by atoms with Crippen LogP contribution in [0, 0.1) is 10.1 Å². The van der Waals surface area contributed by atoms with Gasteiger partial charge in [-0.3, -0.25) is 0 Å². The van der Waals surface area contributed by atoms with Crippen molar-refractivity contribution in [2.75, 3.05) is 25.1 Å². The second kappa shape index (κ2) is 5.28. The van der Waals surface area contributed by atoms with E-state index in [9.17, 15) is 15.2 Å². The van der Waals surface area contributed by atoms with Crippen LogP contribution in [0.15, 0.2) is 18.3 Å². The number of aromatic nitrogens is 1. The number of nitro groups is 1. The van der Waals surface area contributed by atoms with E-state index in [1.165, 1.54) is 6.20 Å². The monoisotopic (exact) mass is 253 g/mol. The summed E-state index contributed by atoms with van der Waals surface area (Å²) in [5, 5.41) is 23.9. The maximum absolute atomic E-state index is 10.8. The van der Waals surface area contributed by atoms with Crippen molar-refractivity contribution in [1.29, 1.82) is 0 Å². The van der Waals surface area contributed by atoms with E-state index >= 15 is 0 Å². The maximum Gasteiger partial charge on any atom is 0.386 e. The first-order valence-electron chi connectivity index (χ1n) is 5.74. The minimum Gasteiger partial charge on any atom is -0.388 e. The maximum atomic E-state index is 10.8. The normalized spacial score (nSPS) is 18.3. The van der Waals surface area contributed by atoms with E-state index in [1.54, 1.807) is 12.1 Å². The molecule has 7 heteroatoms. The molecule has 0 bridgehead atoms. The van der Waals surface area contributed by atoms with Crippen molar-refractivity contribution < 1.29 is 14.8 Å². The van der Waals surface area contributed by atoms with Gasteiger partial charge in [-0.1, -0.05) is 0 Å². The molecule has 0 amide bonds. The minimum atomic E-state index is -0.873. The molecular weight excluding hydrogens is 238 g/mol. The van der Waals surface area contributed by atoms with Gasteiger partial charge >= 0.3 is 5.82 Å². The summed E-state index contributed by atoms with van der Waals surface area (Å²) in [7, 11) is 0. The van der Waals surface area contributed by atoms with E-state index in [4.69, 9.17) is 4.74 Å². The fourth-order valence-corrected chi connectivity index (χ4v) is 1.87. The molecule has 1 aliphatic heterocycles. The van der Waals surface area contributed by atoms with Gasteiger partial charge in [-0.2, -0.15) is 0 Å². The second-order valence-electron chi connectivity index (χ2n) is 4.32. The zero-order valence-electron chi connectivity index (χ0n) is 9.83. The fourth-order valence-electron chi connectivity index (χ4n) is 1.87. The van der Waals surface area contributed by atoms with Crippen LogP contribution in [0.3, 0.4) is 0 Å². The summed E-state index contributed by atoms with van der Waals surface area (Å²) < 4.78 is 5.17. The number of hydrogen-bond acceptors (Lipinski definition) is 6. The highest BCUT2D eigenvalue weighted by Crippen LogP contribution is 2.24.